The van der Waals surface area contributed by atoms with E-state index in [1.807, 2.05) is 0 Å². The van der Waals surface area contributed by atoms with Gasteiger partial charge < -0.3 is 19.7 Å². The van der Waals surface area contributed by atoms with Crippen LogP contribution < -0.4 is 0 Å². The summed E-state index contributed by atoms with van der Waals surface area (Å²) in [6.07, 6.45) is -1.02. The number of carbonyl (C=O) groups is 2. The Labute approximate surface area is 135 Å². The van der Waals surface area contributed by atoms with Crippen molar-refractivity contribution in [1.29, 1.82) is 0 Å². The van der Waals surface area contributed by atoms with E-state index >= 15 is 0 Å². The minimum atomic E-state index is -1.09. The van der Waals surface area contributed by atoms with E-state index in [0.717, 1.165) is 0 Å². The number of benzene rings is 1. The van der Waals surface area contributed by atoms with Crippen molar-refractivity contribution in [3.8, 4) is 0 Å². The number of ether oxygens (including phenoxy) is 1. The molecule has 1 atom stereocenters. The van der Waals surface area contributed by atoms with Crippen LogP contribution >= 0.6 is 23.2 Å². The molecule has 1 aromatic heterocycles. The number of morpholine rings is 1. The third-order valence-corrected chi connectivity index (χ3v) is 4.17. The second-order valence-electron chi connectivity index (χ2n) is 4.95. The number of nitrogens with zero attached hydrogens (tertiary/aromatic N) is 1. The molecule has 3 rings (SSSR count). The Balaban J connectivity index is 1.92. The summed E-state index contributed by atoms with van der Waals surface area (Å²) in [6.45, 7) is 0.474. The molecule has 0 radical (unpaired) electrons. The largest absolute Gasteiger partial charge is 0.479 e. The number of halogens is 2. The van der Waals surface area contributed by atoms with Crippen molar-refractivity contribution in [1.82, 2.24) is 9.88 Å². The molecular formula is C14H12Cl2N2O4. The van der Waals surface area contributed by atoms with Gasteiger partial charge in [-0.15, -0.1) is 0 Å². The molecule has 0 bridgehead atoms. The highest BCUT2D eigenvalue weighted by atomic mass is 35.5. The lowest BCUT2D eigenvalue weighted by Gasteiger charge is -2.30. The minimum Gasteiger partial charge on any atom is -0.479 e. The summed E-state index contributed by atoms with van der Waals surface area (Å²) >= 11 is 12.2. The van der Waals surface area contributed by atoms with Crippen molar-refractivity contribution in [2.45, 2.75) is 6.10 Å². The van der Waals surface area contributed by atoms with Gasteiger partial charge in [0.05, 0.1) is 18.2 Å². The summed E-state index contributed by atoms with van der Waals surface area (Å²) in [6, 6.07) is 5.10. The van der Waals surface area contributed by atoms with E-state index in [1.165, 1.54) is 4.90 Å². The van der Waals surface area contributed by atoms with E-state index < -0.39 is 12.1 Å². The minimum absolute atomic E-state index is 0.0133. The van der Waals surface area contributed by atoms with E-state index in [-0.39, 0.29) is 29.8 Å². The predicted octanol–water partition coefficient (Wildman–Crippen LogP) is 2.40. The van der Waals surface area contributed by atoms with Gasteiger partial charge in [-0.2, -0.15) is 0 Å². The van der Waals surface area contributed by atoms with Crippen molar-refractivity contribution < 1.29 is 19.4 Å². The molecule has 1 aromatic carbocycles. The third kappa shape index (κ3) is 2.65. The first-order chi connectivity index (χ1) is 10.5. The van der Waals surface area contributed by atoms with E-state index in [9.17, 15) is 9.59 Å². The smallest absolute Gasteiger partial charge is 0.334 e. The van der Waals surface area contributed by atoms with E-state index in [4.69, 9.17) is 33.0 Å². The first-order valence-corrected chi connectivity index (χ1v) is 7.33. The fourth-order valence-corrected chi connectivity index (χ4v) is 2.88. The third-order valence-electron chi connectivity index (χ3n) is 3.54. The molecule has 1 aliphatic heterocycles. The van der Waals surface area contributed by atoms with Crippen LogP contribution in [0.1, 0.15) is 10.5 Å². The summed E-state index contributed by atoms with van der Waals surface area (Å²) < 4.78 is 5.11. The molecule has 1 amide bonds. The van der Waals surface area contributed by atoms with Gasteiger partial charge in [-0.25, -0.2) is 4.79 Å². The van der Waals surface area contributed by atoms with Crippen molar-refractivity contribution in [2.75, 3.05) is 19.7 Å². The first kappa shape index (κ1) is 15.1. The lowest BCUT2D eigenvalue weighted by Crippen LogP contribution is -2.48. The van der Waals surface area contributed by atoms with Gasteiger partial charge in [0.2, 0.25) is 0 Å². The number of carboxylic acid groups (broad SMARTS) is 1. The van der Waals surface area contributed by atoms with E-state index in [0.29, 0.717) is 22.5 Å². The van der Waals surface area contributed by atoms with Crippen LogP contribution in [-0.4, -0.2) is 52.7 Å². The SMILES string of the molecule is O=C(O)[C@H]1CN(C(=O)c2[nH]c3ccc(Cl)cc3c2Cl)CCO1. The second-order valence-corrected chi connectivity index (χ2v) is 5.77. The van der Waals surface area contributed by atoms with Crippen LogP contribution in [0.2, 0.25) is 10.0 Å². The molecule has 1 saturated heterocycles. The molecule has 2 N–H and O–H groups in total. The van der Waals surface area contributed by atoms with Crippen LogP contribution in [0.5, 0.6) is 0 Å². The van der Waals surface area contributed by atoms with Gasteiger partial charge in [0.1, 0.15) is 5.69 Å². The molecule has 1 aliphatic rings. The molecule has 8 heteroatoms. The quantitative estimate of drug-likeness (QED) is 0.877. The summed E-state index contributed by atoms with van der Waals surface area (Å²) in [5.41, 5.74) is 0.922. The number of aliphatic carboxylic acids is 1. The standard InChI is InChI=1S/C14H12Cl2N2O4/c15-7-1-2-9-8(5-7)11(16)12(17-9)13(19)18-3-4-22-10(6-18)14(20)21/h1-2,5,10,17H,3-4,6H2,(H,20,21)/t10-/m1/s1. The predicted molar refractivity (Wildman–Crippen MR) is 81.6 cm³/mol. The molecule has 0 aliphatic carbocycles. The topological polar surface area (TPSA) is 82.6 Å². The molecular weight excluding hydrogens is 331 g/mol. The second kappa shape index (κ2) is 5.79. The molecule has 1 fully saturated rings. The molecule has 2 aromatic rings. The highest BCUT2D eigenvalue weighted by molar-refractivity contribution is 6.39. The molecule has 6 nitrogen and oxygen atoms in total. The number of carboxylic acids is 1. The number of aromatic amines is 1. The summed E-state index contributed by atoms with van der Waals surface area (Å²) in [5.74, 6) is -1.45. The summed E-state index contributed by atoms with van der Waals surface area (Å²) in [4.78, 5) is 27.9. The molecule has 2 heterocycles. The number of fused-ring (bicyclic) bond motifs is 1. The Kier molecular flexibility index (Phi) is 3.99. The van der Waals surface area contributed by atoms with Crippen molar-refractivity contribution in [3.63, 3.8) is 0 Å². The van der Waals surface area contributed by atoms with Crippen LogP contribution in [-0.2, 0) is 9.53 Å². The molecule has 22 heavy (non-hydrogen) atoms. The Bertz CT molecular complexity index is 759. The molecule has 0 unspecified atom stereocenters. The fourth-order valence-electron chi connectivity index (χ4n) is 2.42. The lowest BCUT2D eigenvalue weighted by atomic mass is 10.2. The maximum atomic E-state index is 12.6. The Morgan fingerprint density at radius 3 is 2.86 bits per heavy atom. The van der Waals surface area contributed by atoms with Gasteiger partial charge in [-0.3, -0.25) is 4.79 Å². The van der Waals surface area contributed by atoms with Crippen molar-refractivity contribution in [3.05, 3.63) is 33.9 Å². The average Bonchev–Trinajstić information content (AvgIpc) is 2.83. The number of nitrogens with one attached hydrogen (secondary N) is 1. The van der Waals surface area contributed by atoms with Crippen molar-refractivity contribution >= 4 is 46.0 Å². The van der Waals surface area contributed by atoms with E-state index in [1.54, 1.807) is 18.2 Å². The number of amides is 1. The van der Waals surface area contributed by atoms with Crippen LogP contribution in [0, 0.1) is 0 Å². The van der Waals surface area contributed by atoms with Gasteiger partial charge >= 0.3 is 5.97 Å². The highest BCUT2D eigenvalue weighted by Gasteiger charge is 2.31. The molecule has 0 spiro atoms. The van der Waals surface area contributed by atoms with Gasteiger partial charge in [-0.1, -0.05) is 23.2 Å². The zero-order chi connectivity index (χ0) is 15.9. The number of hydrogen-bond acceptors (Lipinski definition) is 3. The Morgan fingerprint density at radius 2 is 2.14 bits per heavy atom. The van der Waals surface area contributed by atoms with Crippen LogP contribution in [0.3, 0.4) is 0 Å². The summed E-state index contributed by atoms with van der Waals surface area (Å²) in [7, 11) is 0. The average molecular weight is 343 g/mol. The van der Waals surface area contributed by atoms with Crippen LogP contribution in [0.25, 0.3) is 10.9 Å². The number of carbonyl (C=O) groups excluding carboxylic acids is 1. The Morgan fingerprint density at radius 1 is 1.36 bits per heavy atom. The van der Waals surface area contributed by atoms with Crippen molar-refractivity contribution in [2.24, 2.45) is 0 Å². The lowest BCUT2D eigenvalue weighted by molar-refractivity contribution is -0.154. The number of H-pyrrole nitrogens is 1. The summed E-state index contributed by atoms with van der Waals surface area (Å²) in [5, 5.41) is 10.4. The van der Waals surface area contributed by atoms with Gasteiger partial charge in [0.25, 0.3) is 5.91 Å². The Hall–Kier alpha value is -1.76. The normalized spacial score (nSPS) is 18.6. The van der Waals surface area contributed by atoms with Crippen LogP contribution in [0.4, 0.5) is 0 Å². The number of hydrogen-bond donors (Lipinski definition) is 2. The zero-order valence-electron chi connectivity index (χ0n) is 11.3. The number of aromatic nitrogens is 1. The first-order valence-electron chi connectivity index (χ1n) is 6.58. The maximum absolute atomic E-state index is 12.6. The van der Waals surface area contributed by atoms with Gasteiger partial charge in [0, 0.05) is 22.5 Å². The van der Waals surface area contributed by atoms with Crippen LogP contribution in [0.15, 0.2) is 18.2 Å². The fraction of sp³-hybridized carbons (Fsp3) is 0.286. The highest BCUT2D eigenvalue weighted by Crippen LogP contribution is 2.30. The van der Waals surface area contributed by atoms with Gasteiger partial charge in [0.15, 0.2) is 6.10 Å². The molecule has 116 valence electrons. The zero-order valence-corrected chi connectivity index (χ0v) is 12.8. The molecule has 0 saturated carbocycles. The maximum Gasteiger partial charge on any atom is 0.334 e. The van der Waals surface area contributed by atoms with Gasteiger partial charge in [-0.05, 0) is 18.2 Å². The van der Waals surface area contributed by atoms with E-state index in [2.05, 4.69) is 4.98 Å². The monoisotopic (exact) mass is 342 g/mol. The number of rotatable bonds is 2.